The number of rotatable bonds is 3. The molecule has 0 unspecified atom stereocenters. The monoisotopic (exact) mass is 263 g/mol. The van der Waals surface area contributed by atoms with Gasteiger partial charge in [0.1, 0.15) is 5.82 Å². The third-order valence-corrected chi connectivity index (χ3v) is 3.65. The summed E-state index contributed by atoms with van der Waals surface area (Å²) in [6.07, 6.45) is 1.70. The number of aryl methyl sites for hydroxylation is 2. The van der Waals surface area contributed by atoms with Crippen molar-refractivity contribution in [1.82, 2.24) is 9.78 Å². The number of carbonyl (C=O) groups excluding carboxylic acids is 1. The van der Waals surface area contributed by atoms with Crippen LogP contribution in [0, 0.1) is 13.8 Å². The SMILES string of the molecule is Cc1cc(C(=O)Nc2ccnn2C(C)C)c(C)s1. The van der Waals surface area contributed by atoms with Crippen LogP contribution >= 0.6 is 11.3 Å². The Morgan fingerprint density at radius 1 is 1.44 bits per heavy atom. The van der Waals surface area contributed by atoms with Crippen LogP contribution in [0.3, 0.4) is 0 Å². The minimum atomic E-state index is -0.0701. The Hall–Kier alpha value is -1.62. The van der Waals surface area contributed by atoms with Crippen LogP contribution in [0.4, 0.5) is 5.82 Å². The number of nitrogens with zero attached hydrogens (tertiary/aromatic N) is 2. The van der Waals surface area contributed by atoms with E-state index in [2.05, 4.69) is 10.4 Å². The predicted octanol–water partition coefficient (Wildman–Crippen LogP) is 3.39. The summed E-state index contributed by atoms with van der Waals surface area (Å²) in [5.41, 5.74) is 0.744. The molecule has 0 aliphatic heterocycles. The first-order chi connectivity index (χ1) is 8.49. The van der Waals surface area contributed by atoms with Crippen molar-refractivity contribution in [3.05, 3.63) is 33.6 Å². The maximum Gasteiger partial charge on any atom is 0.257 e. The highest BCUT2D eigenvalue weighted by atomic mass is 32.1. The van der Waals surface area contributed by atoms with Crippen molar-refractivity contribution in [1.29, 1.82) is 0 Å². The van der Waals surface area contributed by atoms with Gasteiger partial charge < -0.3 is 5.32 Å². The molecular formula is C13H17N3OS. The average Bonchev–Trinajstić information content (AvgIpc) is 2.85. The zero-order valence-corrected chi connectivity index (χ0v) is 11.8. The molecule has 18 heavy (non-hydrogen) atoms. The molecule has 4 nitrogen and oxygen atoms in total. The molecule has 2 heterocycles. The lowest BCUT2D eigenvalue weighted by Gasteiger charge is -2.11. The van der Waals surface area contributed by atoms with Crippen molar-refractivity contribution in [2.24, 2.45) is 0 Å². The van der Waals surface area contributed by atoms with E-state index in [4.69, 9.17) is 0 Å². The fraction of sp³-hybridized carbons (Fsp3) is 0.385. The summed E-state index contributed by atoms with van der Waals surface area (Å²) in [6.45, 7) is 8.03. The molecule has 1 N–H and O–H groups in total. The van der Waals surface area contributed by atoms with Crippen LogP contribution in [0.1, 0.15) is 40.0 Å². The number of anilines is 1. The van der Waals surface area contributed by atoms with Crippen molar-refractivity contribution in [2.75, 3.05) is 5.32 Å². The Kier molecular flexibility index (Phi) is 3.52. The maximum atomic E-state index is 12.2. The number of hydrogen-bond donors (Lipinski definition) is 1. The normalized spacial score (nSPS) is 10.9. The highest BCUT2D eigenvalue weighted by Gasteiger charge is 2.14. The Balaban J connectivity index is 2.21. The molecule has 0 fully saturated rings. The van der Waals surface area contributed by atoms with Gasteiger partial charge in [0.05, 0.1) is 11.8 Å². The van der Waals surface area contributed by atoms with Gasteiger partial charge in [0, 0.05) is 21.9 Å². The molecule has 2 aromatic heterocycles. The smallest absolute Gasteiger partial charge is 0.257 e. The average molecular weight is 263 g/mol. The highest BCUT2D eigenvalue weighted by molar-refractivity contribution is 7.12. The van der Waals surface area contributed by atoms with Crippen LogP contribution in [0.25, 0.3) is 0 Å². The molecule has 0 atom stereocenters. The lowest BCUT2D eigenvalue weighted by molar-refractivity contribution is 0.102. The zero-order chi connectivity index (χ0) is 13.3. The molecule has 0 spiro atoms. The molecule has 0 saturated carbocycles. The van der Waals surface area contributed by atoms with E-state index in [9.17, 15) is 4.79 Å². The molecule has 0 aliphatic carbocycles. The molecule has 0 radical (unpaired) electrons. The van der Waals surface area contributed by atoms with E-state index < -0.39 is 0 Å². The summed E-state index contributed by atoms with van der Waals surface area (Å²) in [5, 5.41) is 7.11. The lowest BCUT2D eigenvalue weighted by Crippen LogP contribution is -2.16. The summed E-state index contributed by atoms with van der Waals surface area (Å²) < 4.78 is 1.80. The van der Waals surface area contributed by atoms with Crippen LogP contribution in [0.2, 0.25) is 0 Å². The van der Waals surface area contributed by atoms with E-state index in [1.807, 2.05) is 39.8 Å². The standard InChI is InChI=1S/C13H17N3OS/c1-8(2)16-12(5-6-14-16)15-13(17)11-7-9(3)18-10(11)4/h5-8H,1-4H3,(H,15,17). The fourth-order valence-corrected chi connectivity index (χ4v) is 2.79. The third kappa shape index (κ3) is 2.46. The van der Waals surface area contributed by atoms with Gasteiger partial charge in [-0.2, -0.15) is 5.10 Å². The van der Waals surface area contributed by atoms with Crippen LogP contribution in [-0.2, 0) is 0 Å². The predicted molar refractivity (Wildman–Crippen MR) is 74.4 cm³/mol. The summed E-state index contributed by atoms with van der Waals surface area (Å²) in [4.78, 5) is 14.4. The van der Waals surface area contributed by atoms with Crippen molar-refractivity contribution < 1.29 is 4.79 Å². The second-order valence-corrected chi connectivity index (χ2v) is 6.00. The first kappa shape index (κ1) is 12.8. The minimum Gasteiger partial charge on any atom is -0.307 e. The van der Waals surface area contributed by atoms with Gasteiger partial charge in [-0.3, -0.25) is 4.79 Å². The Morgan fingerprint density at radius 3 is 2.72 bits per heavy atom. The number of thiophene rings is 1. The Bertz CT molecular complexity index is 569. The molecule has 0 saturated heterocycles. The lowest BCUT2D eigenvalue weighted by atomic mass is 10.2. The number of aromatic nitrogens is 2. The van der Waals surface area contributed by atoms with Gasteiger partial charge in [0.15, 0.2) is 0 Å². The summed E-state index contributed by atoms with van der Waals surface area (Å²) in [7, 11) is 0. The highest BCUT2D eigenvalue weighted by Crippen LogP contribution is 2.22. The Morgan fingerprint density at radius 2 is 2.17 bits per heavy atom. The van der Waals surface area contributed by atoms with Gasteiger partial charge in [-0.15, -0.1) is 11.3 Å². The third-order valence-electron chi connectivity index (χ3n) is 2.69. The van der Waals surface area contributed by atoms with Crippen molar-refractivity contribution >= 4 is 23.1 Å². The molecule has 0 bridgehead atoms. The number of nitrogens with one attached hydrogen (secondary N) is 1. The topological polar surface area (TPSA) is 46.9 Å². The number of carbonyl (C=O) groups is 1. The second kappa shape index (κ2) is 4.94. The van der Waals surface area contributed by atoms with Gasteiger partial charge in [-0.1, -0.05) is 0 Å². The minimum absolute atomic E-state index is 0.0701. The molecule has 5 heteroatoms. The van der Waals surface area contributed by atoms with Crippen molar-refractivity contribution in [3.63, 3.8) is 0 Å². The second-order valence-electron chi connectivity index (χ2n) is 4.54. The van der Waals surface area contributed by atoms with Crippen LogP contribution in [0.15, 0.2) is 18.3 Å². The molecule has 0 aliphatic rings. The molecule has 1 amide bonds. The van der Waals surface area contributed by atoms with E-state index in [0.717, 1.165) is 21.1 Å². The van der Waals surface area contributed by atoms with Crippen LogP contribution in [0.5, 0.6) is 0 Å². The molecule has 2 rings (SSSR count). The number of hydrogen-bond acceptors (Lipinski definition) is 3. The van der Waals surface area contributed by atoms with Crippen LogP contribution < -0.4 is 5.32 Å². The van der Waals surface area contributed by atoms with Gasteiger partial charge in [-0.25, -0.2) is 4.68 Å². The zero-order valence-electron chi connectivity index (χ0n) is 11.0. The van der Waals surface area contributed by atoms with E-state index in [1.54, 1.807) is 22.2 Å². The molecular weight excluding hydrogens is 246 g/mol. The first-order valence-corrected chi connectivity index (χ1v) is 6.72. The summed E-state index contributed by atoms with van der Waals surface area (Å²) in [6, 6.07) is 3.96. The quantitative estimate of drug-likeness (QED) is 0.922. The fourth-order valence-electron chi connectivity index (χ4n) is 1.86. The van der Waals surface area contributed by atoms with E-state index in [0.29, 0.717) is 0 Å². The maximum absolute atomic E-state index is 12.2. The van der Waals surface area contributed by atoms with E-state index >= 15 is 0 Å². The van der Waals surface area contributed by atoms with Gasteiger partial charge >= 0.3 is 0 Å². The first-order valence-electron chi connectivity index (χ1n) is 5.91. The van der Waals surface area contributed by atoms with Crippen molar-refractivity contribution in [2.45, 2.75) is 33.7 Å². The largest absolute Gasteiger partial charge is 0.307 e. The molecule has 0 aromatic carbocycles. The summed E-state index contributed by atoms with van der Waals surface area (Å²) in [5.74, 6) is 0.664. The van der Waals surface area contributed by atoms with Gasteiger partial charge in [-0.05, 0) is 33.8 Å². The summed E-state index contributed by atoms with van der Waals surface area (Å²) >= 11 is 1.64. The van der Waals surface area contributed by atoms with Crippen molar-refractivity contribution in [3.8, 4) is 0 Å². The van der Waals surface area contributed by atoms with E-state index in [1.165, 1.54) is 0 Å². The van der Waals surface area contributed by atoms with Crippen LogP contribution in [-0.4, -0.2) is 15.7 Å². The molecule has 2 aromatic rings. The van der Waals surface area contributed by atoms with E-state index in [-0.39, 0.29) is 11.9 Å². The Labute approximate surface area is 111 Å². The molecule has 96 valence electrons. The number of amides is 1. The van der Waals surface area contributed by atoms with Gasteiger partial charge in [0.25, 0.3) is 5.91 Å². The van der Waals surface area contributed by atoms with Gasteiger partial charge in [0.2, 0.25) is 0 Å².